The van der Waals surface area contributed by atoms with Crippen LogP contribution in [0.1, 0.15) is 18.4 Å². The molecule has 1 saturated heterocycles. The average molecular weight is 435 g/mol. The summed E-state index contributed by atoms with van der Waals surface area (Å²) in [6.45, 7) is 0.766. The maximum Gasteiger partial charge on any atom is 0.290 e. The number of carbonyl (C=O) groups excluding carboxylic acids is 1. The van der Waals surface area contributed by atoms with E-state index in [2.05, 4.69) is 15.3 Å². The van der Waals surface area contributed by atoms with Gasteiger partial charge in [-0.1, -0.05) is 23.9 Å². The second-order valence-corrected chi connectivity index (χ2v) is 8.22. The minimum Gasteiger partial charge on any atom is -0.312 e. The van der Waals surface area contributed by atoms with E-state index in [0.29, 0.717) is 34.1 Å². The molecular formula is C22H18FN5O2S. The van der Waals surface area contributed by atoms with E-state index < -0.39 is 0 Å². The minimum absolute atomic E-state index is 0.164. The number of aromatic amines is 1. The lowest BCUT2D eigenvalue weighted by atomic mass is 10.1. The average Bonchev–Trinajstić information content (AvgIpc) is 3.42. The van der Waals surface area contributed by atoms with Gasteiger partial charge in [0, 0.05) is 30.0 Å². The summed E-state index contributed by atoms with van der Waals surface area (Å²) in [7, 11) is 0. The zero-order chi connectivity index (χ0) is 21.4. The van der Waals surface area contributed by atoms with Gasteiger partial charge in [0.1, 0.15) is 11.3 Å². The highest BCUT2D eigenvalue weighted by Crippen LogP contribution is 2.26. The van der Waals surface area contributed by atoms with E-state index in [1.54, 1.807) is 18.2 Å². The SMILES string of the molecule is O=C1CCCN1c1ccc(CSc2n[nH]c(=O)c3cc(-c4ccc(F)cc4)nn23)cc1. The third kappa shape index (κ3) is 3.84. The van der Waals surface area contributed by atoms with Gasteiger partial charge in [-0.25, -0.2) is 14.0 Å². The maximum absolute atomic E-state index is 13.2. The third-order valence-electron chi connectivity index (χ3n) is 5.21. The molecule has 1 aliphatic rings. The van der Waals surface area contributed by atoms with Crippen LogP contribution in [0.3, 0.4) is 0 Å². The highest BCUT2D eigenvalue weighted by Gasteiger charge is 2.21. The second kappa shape index (κ2) is 7.99. The van der Waals surface area contributed by atoms with Crippen LogP contribution in [0.2, 0.25) is 0 Å². The van der Waals surface area contributed by atoms with E-state index in [4.69, 9.17) is 0 Å². The number of rotatable bonds is 5. The molecule has 2 aromatic carbocycles. The summed E-state index contributed by atoms with van der Waals surface area (Å²) in [4.78, 5) is 25.9. The van der Waals surface area contributed by atoms with Crippen LogP contribution >= 0.6 is 11.8 Å². The van der Waals surface area contributed by atoms with E-state index in [1.165, 1.54) is 28.4 Å². The Morgan fingerprint density at radius 1 is 1.06 bits per heavy atom. The number of nitrogens with zero attached hydrogens (tertiary/aromatic N) is 4. The Bertz CT molecular complexity index is 1310. The smallest absolute Gasteiger partial charge is 0.290 e. The van der Waals surface area contributed by atoms with E-state index in [9.17, 15) is 14.0 Å². The van der Waals surface area contributed by atoms with Gasteiger partial charge >= 0.3 is 0 Å². The number of H-pyrrole nitrogens is 1. The van der Waals surface area contributed by atoms with Gasteiger partial charge in [-0.05, 0) is 54.4 Å². The lowest BCUT2D eigenvalue weighted by Gasteiger charge is -2.15. The van der Waals surface area contributed by atoms with Crippen LogP contribution in [-0.2, 0) is 10.5 Å². The fraction of sp³-hybridized carbons (Fsp3) is 0.182. The van der Waals surface area contributed by atoms with E-state index in [-0.39, 0.29) is 17.3 Å². The number of carbonyl (C=O) groups is 1. The van der Waals surface area contributed by atoms with Crippen molar-refractivity contribution >= 4 is 28.9 Å². The van der Waals surface area contributed by atoms with Gasteiger partial charge in [-0.3, -0.25) is 9.59 Å². The second-order valence-electron chi connectivity index (χ2n) is 7.27. The van der Waals surface area contributed by atoms with Crippen molar-refractivity contribution in [2.75, 3.05) is 11.4 Å². The molecule has 0 bridgehead atoms. The third-order valence-corrected chi connectivity index (χ3v) is 6.21. The largest absolute Gasteiger partial charge is 0.312 e. The molecule has 0 atom stereocenters. The number of thioether (sulfide) groups is 1. The van der Waals surface area contributed by atoms with Crippen molar-refractivity contribution in [2.24, 2.45) is 0 Å². The Morgan fingerprint density at radius 3 is 2.55 bits per heavy atom. The van der Waals surface area contributed by atoms with Crippen LogP contribution in [-0.4, -0.2) is 32.3 Å². The van der Waals surface area contributed by atoms with E-state index >= 15 is 0 Å². The van der Waals surface area contributed by atoms with E-state index in [1.807, 2.05) is 29.2 Å². The van der Waals surface area contributed by atoms with Crippen molar-refractivity contribution in [1.29, 1.82) is 0 Å². The van der Waals surface area contributed by atoms with Crippen LogP contribution in [0.4, 0.5) is 10.1 Å². The first-order chi connectivity index (χ1) is 15.1. The number of nitrogens with one attached hydrogen (secondary N) is 1. The molecule has 0 aliphatic carbocycles. The lowest BCUT2D eigenvalue weighted by Crippen LogP contribution is -2.23. The molecule has 1 fully saturated rings. The monoisotopic (exact) mass is 435 g/mol. The van der Waals surface area contributed by atoms with Gasteiger partial charge in [0.15, 0.2) is 0 Å². The molecule has 4 aromatic rings. The summed E-state index contributed by atoms with van der Waals surface area (Å²) in [6, 6.07) is 15.5. The molecule has 0 spiro atoms. The minimum atomic E-state index is -0.343. The number of benzene rings is 2. The number of aromatic nitrogens is 4. The van der Waals surface area contributed by atoms with Gasteiger partial charge in [-0.2, -0.15) is 5.10 Å². The molecule has 2 aromatic heterocycles. The first-order valence-corrected chi connectivity index (χ1v) is 10.8. The highest BCUT2D eigenvalue weighted by atomic mass is 32.2. The van der Waals surface area contributed by atoms with Gasteiger partial charge in [0.25, 0.3) is 5.56 Å². The number of halogens is 1. The number of hydrogen-bond donors (Lipinski definition) is 1. The number of anilines is 1. The topological polar surface area (TPSA) is 83.4 Å². The quantitative estimate of drug-likeness (QED) is 0.484. The molecule has 0 unspecified atom stereocenters. The van der Waals surface area contributed by atoms with Gasteiger partial charge in [0.2, 0.25) is 11.1 Å². The molecule has 0 saturated carbocycles. The molecule has 1 aliphatic heterocycles. The molecule has 9 heteroatoms. The predicted molar refractivity (Wildman–Crippen MR) is 117 cm³/mol. The van der Waals surface area contributed by atoms with E-state index in [0.717, 1.165) is 24.2 Å². The Hall–Kier alpha value is -3.46. The summed E-state index contributed by atoms with van der Waals surface area (Å²) >= 11 is 1.44. The standard InChI is InChI=1S/C22H18FN5O2S/c23-16-7-5-15(6-8-16)18-12-19-21(30)24-25-22(28(19)26-18)31-13-14-3-9-17(10-4-14)27-11-1-2-20(27)29/h3-10,12H,1-2,11,13H2,(H,24,30). The Balaban J connectivity index is 1.38. The molecule has 0 radical (unpaired) electrons. The molecule has 31 heavy (non-hydrogen) atoms. The first-order valence-electron chi connectivity index (χ1n) is 9.85. The fourth-order valence-electron chi connectivity index (χ4n) is 3.59. The molecule has 7 nitrogen and oxygen atoms in total. The van der Waals surface area contributed by atoms with Crippen LogP contribution in [0.5, 0.6) is 0 Å². The molecular weight excluding hydrogens is 417 g/mol. The predicted octanol–water partition coefficient (Wildman–Crippen LogP) is 3.64. The summed E-state index contributed by atoms with van der Waals surface area (Å²) in [5.74, 6) is 0.453. The van der Waals surface area contributed by atoms with Gasteiger partial charge in [-0.15, -0.1) is 5.10 Å². The zero-order valence-electron chi connectivity index (χ0n) is 16.4. The normalized spacial score (nSPS) is 14.0. The molecule has 1 amide bonds. The fourth-order valence-corrected chi connectivity index (χ4v) is 4.45. The van der Waals surface area contributed by atoms with Crippen molar-refractivity contribution in [3.8, 4) is 11.3 Å². The van der Waals surface area contributed by atoms with Crippen molar-refractivity contribution in [2.45, 2.75) is 23.8 Å². The highest BCUT2D eigenvalue weighted by molar-refractivity contribution is 7.98. The van der Waals surface area contributed by atoms with Crippen molar-refractivity contribution in [1.82, 2.24) is 19.8 Å². The van der Waals surface area contributed by atoms with Gasteiger partial charge in [0.05, 0.1) is 5.69 Å². The zero-order valence-corrected chi connectivity index (χ0v) is 17.2. The van der Waals surface area contributed by atoms with Crippen LogP contribution in [0.15, 0.2) is 64.5 Å². The molecule has 156 valence electrons. The number of amides is 1. The van der Waals surface area contributed by atoms with Crippen LogP contribution in [0.25, 0.3) is 16.8 Å². The van der Waals surface area contributed by atoms with Crippen molar-refractivity contribution in [3.63, 3.8) is 0 Å². The lowest BCUT2D eigenvalue weighted by molar-refractivity contribution is -0.117. The summed E-state index contributed by atoms with van der Waals surface area (Å²) in [6.07, 6.45) is 1.50. The molecule has 5 rings (SSSR count). The number of fused-ring (bicyclic) bond motifs is 1. The summed E-state index contributed by atoms with van der Waals surface area (Å²) < 4.78 is 14.7. The molecule has 3 heterocycles. The Labute approximate surface area is 180 Å². The summed E-state index contributed by atoms with van der Waals surface area (Å²) in [5.41, 5.74) is 3.29. The van der Waals surface area contributed by atoms with Gasteiger partial charge < -0.3 is 4.90 Å². The first kappa shape index (κ1) is 19.5. The Kier molecular flexibility index (Phi) is 5.03. The van der Waals surface area contributed by atoms with Crippen LogP contribution in [0, 0.1) is 5.82 Å². The number of hydrogen-bond acceptors (Lipinski definition) is 5. The maximum atomic E-state index is 13.2. The molecule has 1 N–H and O–H groups in total. The van der Waals surface area contributed by atoms with Crippen LogP contribution < -0.4 is 10.5 Å². The summed E-state index contributed by atoms with van der Waals surface area (Å²) in [5, 5.41) is 11.7. The Morgan fingerprint density at radius 2 is 1.84 bits per heavy atom. The van der Waals surface area contributed by atoms with Crippen molar-refractivity contribution < 1.29 is 9.18 Å². The van der Waals surface area contributed by atoms with Crippen molar-refractivity contribution in [3.05, 3.63) is 76.3 Å².